The lowest BCUT2D eigenvalue weighted by Crippen LogP contribution is -2.48. The molecule has 0 spiro atoms. The topological polar surface area (TPSA) is 136 Å². The SMILES string of the molecule is O=C(C(=O)C(O)ONC1COc2c(F)cc(F)cc2C1)C(O)ONC1COc2c(F)cc(F)cc2C1. The molecule has 14 heteroatoms. The predicted molar refractivity (Wildman–Crippen MR) is 109 cm³/mol. The highest BCUT2D eigenvalue weighted by atomic mass is 19.1. The summed E-state index contributed by atoms with van der Waals surface area (Å²) in [6.07, 6.45) is -4.65. The number of rotatable bonds is 9. The quantitative estimate of drug-likeness (QED) is 0.160. The monoisotopic (exact) mass is 516 g/mol. The van der Waals surface area contributed by atoms with Crippen LogP contribution in [0.1, 0.15) is 11.1 Å². The number of Topliss-reactive ketones (excluding diaryl/α,β-unsaturated/α-hetero) is 2. The average molecular weight is 516 g/mol. The molecule has 4 N–H and O–H groups in total. The Morgan fingerprint density at radius 1 is 0.778 bits per heavy atom. The third-order valence-corrected chi connectivity index (χ3v) is 5.35. The Balaban J connectivity index is 1.23. The highest BCUT2D eigenvalue weighted by molar-refractivity contribution is 6.39. The van der Waals surface area contributed by atoms with E-state index in [1.165, 1.54) is 0 Å². The number of nitrogens with one attached hydrogen (secondary N) is 2. The van der Waals surface area contributed by atoms with Crippen LogP contribution < -0.4 is 20.4 Å². The zero-order chi connectivity index (χ0) is 26.0. The molecule has 4 rings (SSSR count). The van der Waals surface area contributed by atoms with Crippen molar-refractivity contribution in [1.29, 1.82) is 0 Å². The van der Waals surface area contributed by atoms with E-state index in [-0.39, 0.29) is 48.7 Å². The van der Waals surface area contributed by atoms with Crippen molar-refractivity contribution in [3.05, 3.63) is 58.7 Å². The lowest BCUT2D eigenvalue weighted by atomic mass is 10.0. The third-order valence-electron chi connectivity index (χ3n) is 5.35. The van der Waals surface area contributed by atoms with Gasteiger partial charge in [0, 0.05) is 23.3 Å². The smallest absolute Gasteiger partial charge is 0.261 e. The first kappa shape index (κ1) is 25.9. The molecular formula is C22H20F4N2O8. The van der Waals surface area contributed by atoms with Crippen LogP contribution in [-0.4, -0.2) is 59.7 Å². The average Bonchev–Trinajstić information content (AvgIpc) is 2.84. The molecule has 2 aromatic rings. The maximum atomic E-state index is 13.7. The normalized spacial score (nSPS) is 20.4. The van der Waals surface area contributed by atoms with Gasteiger partial charge in [-0.25, -0.2) is 17.6 Å². The molecule has 2 aliphatic rings. The minimum absolute atomic E-state index is 0.0227. The molecule has 10 nitrogen and oxygen atoms in total. The number of benzene rings is 2. The van der Waals surface area contributed by atoms with E-state index < -0.39 is 59.5 Å². The number of ketones is 2. The van der Waals surface area contributed by atoms with Gasteiger partial charge in [0.2, 0.25) is 12.6 Å². The maximum absolute atomic E-state index is 13.7. The summed E-state index contributed by atoms with van der Waals surface area (Å²) in [4.78, 5) is 33.6. The molecule has 0 aliphatic carbocycles. The van der Waals surface area contributed by atoms with Gasteiger partial charge in [-0.05, 0) is 25.0 Å². The maximum Gasteiger partial charge on any atom is 0.261 e. The summed E-state index contributed by atoms with van der Waals surface area (Å²) in [6.45, 7) is -0.305. The van der Waals surface area contributed by atoms with Crippen molar-refractivity contribution in [3.8, 4) is 11.5 Å². The zero-order valence-corrected chi connectivity index (χ0v) is 18.3. The molecule has 0 amide bonds. The van der Waals surface area contributed by atoms with Crippen molar-refractivity contribution in [2.24, 2.45) is 0 Å². The lowest BCUT2D eigenvalue weighted by molar-refractivity contribution is -0.196. The van der Waals surface area contributed by atoms with Gasteiger partial charge in [0.1, 0.15) is 24.8 Å². The van der Waals surface area contributed by atoms with E-state index >= 15 is 0 Å². The van der Waals surface area contributed by atoms with Crippen LogP contribution in [0.25, 0.3) is 0 Å². The molecule has 2 aliphatic heterocycles. The van der Waals surface area contributed by atoms with E-state index in [0.717, 1.165) is 12.1 Å². The zero-order valence-electron chi connectivity index (χ0n) is 18.3. The van der Waals surface area contributed by atoms with Gasteiger partial charge in [-0.15, -0.1) is 0 Å². The number of hydroxylamine groups is 2. The first-order valence-electron chi connectivity index (χ1n) is 10.6. The Morgan fingerprint density at radius 2 is 1.17 bits per heavy atom. The fourth-order valence-corrected chi connectivity index (χ4v) is 3.69. The Hall–Kier alpha value is -3.14. The molecule has 0 saturated heterocycles. The van der Waals surface area contributed by atoms with Gasteiger partial charge in [0.25, 0.3) is 11.6 Å². The van der Waals surface area contributed by atoms with Gasteiger partial charge in [-0.3, -0.25) is 19.3 Å². The molecule has 194 valence electrons. The highest BCUT2D eigenvalue weighted by Gasteiger charge is 2.33. The molecule has 36 heavy (non-hydrogen) atoms. The number of carbonyl (C=O) groups is 2. The number of aliphatic hydroxyl groups excluding tert-OH is 2. The van der Waals surface area contributed by atoms with Gasteiger partial charge in [0.15, 0.2) is 23.1 Å². The first-order chi connectivity index (χ1) is 17.1. The van der Waals surface area contributed by atoms with Crippen molar-refractivity contribution in [2.75, 3.05) is 13.2 Å². The summed E-state index contributed by atoms with van der Waals surface area (Å²) < 4.78 is 64.6. The molecule has 0 fully saturated rings. The number of carbonyl (C=O) groups excluding carboxylic acids is 2. The Bertz CT molecular complexity index is 1080. The second-order valence-corrected chi connectivity index (χ2v) is 8.08. The molecule has 4 atom stereocenters. The van der Waals surface area contributed by atoms with Crippen LogP contribution in [0.15, 0.2) is 24.3 Å². The van der Waals surface area contributed by atoms with Gasteiger partial charge in [0.05, 0.1) is 12.1 Å². The van der Waals surface area contributed by atoms with Crippen molar-refractivity contribution < 1.29 is 56.5 Å². The summed E-state index contributed by atoms with van der Waals surface area (Å²) >= 11 is 0. The Kier molecular flexibility index (Phi) is 7.82. The number of ether oxygens (including phenoxy) is 2. The summed E-state index contributed by atoms with van der Waals surface area (Å²) in [7, 11) is 0. The second-order valence-electron chi connectivity index (χ2n) is 8.08. The molecular weight excluding hydrogens is 496 g/mol. The van der Waals surface area contributed by atoms with Crippen LogP contribution >= 0.6 is 0 Å². The molecule has 2 heterocycles. The van der Waals surface area contributed by atoms with Crippen LogP contribution in [0.5, 0.6) is 11.5 Å². The van der Waals surface area contributed by atoms with E-state index in [4.69, 9.17) is 19.1 Å². The third kappa shape index (κ3) is 5.80. The van der Waals surface area contributed by atoms with Crippen LogP contribution in [0.2, 0.25) is 0 Å². The van der Waals surface area contributed by atoms with Crippen molar-refractivity contribution >= 4 is 11.6 Å². The van der Waals surface area contributed by atoms with Crippen LogP contribution in [-0.2, 0) is 32.1 Å². The molecule has 4 unspecified atom stereocenters. The summed E-state index contributed by atoms with van der Waals surface area (Å²) in [5.74, 6) is -6.79. The number of hydrogen-bond donors (Lipinski definition) is 4. The van der Waals surface area contributed by atoms with Gasteiger partial charge in [-0.2, -0.15) is 11.0 Å². The largest absolute Gasteiger partial charge is 0.488 e. The molecule has 0 saturated carbocycles. The van der Waals surface area contributed by atoms with E-state index in [2.05, 4.69) is 11.0 Å². The lowest BCUT2D eigenvalue weighted by Gasteiger charge is -2.27. The van der Waals surface area contributed by atoms with E-state index in [0.29, 0.717) is 12.1 Å². The molecule has 0 radical (unpaired) electrons. The molecule has 0 bridgehead atoms. The summed E-state index contributed by atoms with van der Waals surface area (Å²) in [5, 5.41) is 19.7. The van der Waals surface area contributed by atoms with Crippen molar-refractivity contribution in [1.82, 2.24) is 11.0 Å². The molecule has 2 aromatic carbocycles. The first-order valence-corrected chi connectivity index (χ1v) is 10.6. The van der Waals surface area contributed by atoms with E-state index in [1.807, 2.05) is 0 Å². The second kappa shape index (κ2) is 10.9. The predicted octanol–water partition coefficient (Wildman–Crippen LogP) is 0.368. The number of fused-ring (bicyclic) bond motifs is 2. The Morgan fingerprint density at radius 3 is 1.56 bits per heavy atom. The number of hydrogen-bond acceptors (Lipinski definition) is 10. The van der Waals surface area contributed by atoms with Crippen molar-refractivity contribution in [2.45, 2.75) is 37.5 Å². The van der Waals surface area contributed by atoms with Crippen LogP contribution in [0.3, 0.4) is 0 Å². The number of aliphatic hydroxyl groups is 2. The van der Waals surface area contributed by atoms with Gasteiger partial charge < -0.3 is 19.7 Å². The van der Waals surface area contributed by atoms with Gasteiger partial charge in [-0.1, -0.05) is 0 Å². The summed E-state index contributed by atoms with van der Waals surface area (Å²) in [5.41, 5.74) is 4.91. The fourth-order valence-electron chi connectivity index (χ4n) is 3.69. The van der Waals surface area contributed by atoms with E-state index in [9.17, 15) is 37.4 Å². The van der Waals surface area contributed by atoms with Crippen LogP contribution in [0, 0.1) is 23.3 Å². The molecule has 0 aromatic heterocycles. The van der Waals surface area contributed by atoms with Gasteiger partial charge >= 0.3 is 0 Å². The fraction of sp³-hybridized carbons (Fsp3) is 0.364. The Labute approximate surface area is 200 Å². The standard InChI is InChI=1S/C22H20F4N2O8/c23-11-1-9-3-13(7-33-19(9)15(25)5-11)27-35-21(31)17(29)18(30)22(32)36-28-14-4-10-2-12(24)6-16(26)20(10)34-8-14/h1-2,5-6,13-14,21-22,27-28,31-32H,3-4,7-8H2. The minimum atomic E-state index is -2.35. The highest BCUT2D eigenvalue weighted by Crippen LogP contribution is 2.30. The summed E-state index contributed by atoms with van der Waals surface area (Å²) in [6, 6.07) is 1.98. The minimum Gasteiger partial charge on any atom is -0.488 e. The number of halogens is 4. The van der Waals surface area contributed by atoms with Crippen LogP contribution in [0.4, 0.5) is 17.6 Å². The van der Waals surface area contributed by atoms with Crippen molar-refractivity contribution in [3.63, 3.8) is 0 Å². The van der Waals surface area contributed by atoms with E-state index in [1.54, 1.807) is 0 Å².